The summed E-state index contributed by atoms with van der Waals surface area (Å²) in [6.07, 6.45) is -4.48. The van der Waals surface area contributed by atoms with Crippen molar-refractivity contribution in [3.05, 3.63) is 47.0 Å². The summed E-state index contributed by atoms with van der Waals surface area (Å²) in [4.78, 5) is 0. The molecule has 0 heterocycles. The summed E-state index contributed by atoms with van der Waals surface area (Å²) in [5.41, 5.74) is -0.269. The van der Waals surface area contributed by atoms with Crippen LogP contribution in [0.25, 0.3) is 0 Å². The molecule has 0 unspecified atom stereocenters. The number of alkyl halides is 3. The van der Waals surface area contributed by atoms with Crippen LogP contribution in [0, 0.1) is 0 Å². The van der Waals surface area contributed by atoms with E-state index in [9.17, 15) is 13.2 Å². The van der Waals surface area contributed by atoms with Crippen molar-refractivity contribution in [2.45, 2.75) is 6.18 Å². The summed E-state index contributed by atoms with van der Waals surface area (Å²) in [5.74, 6) is 1.04. The lowest BCUT2D eigenvalue weighted by Gasteiger charge is -2.16. The maximum atomic E-state index is 12.8. The molecule has 0 fully saturated rings. The lowest BCUT2D eigenvalue weighted by molar-refractivity contribution is -0.137. The number of methoxy groups -OCH3 is 2. The lowest BCUT2D eigenvalue weighted by Crippen LogP contribution is -2.20. The average molecular weight is 391 g/mol. The molecule has 2 aromatic carbocycles. The topological polar surface area (TPSA) is 42.5 Å². The highest BCUT2D eigenvalue weighted by Gasteiger charge is 2.31. The van der Waals surface area contributed by atoms with E-state index < -0.39 is 11.7 Å². The van der Waals surface area contributed by atoms with Crippen molar-refractivity contribution in [3.63, 3.8) is 0 Å². The fourth-order valence-electron chi connectivity index (χ4n) is 1.98. The first kappa shape index (κ1) is 19.1. The highest BCUT2D eigenvalue weighted by Crippen LogP contribution is 2.34. The van der Waals surface area contributed by atoms with Crippen molar-refractivity contribution >= 4 is 40.3 Å². The second-order valence-electron chi connectivity index (χ2n) is 4.84. The fourth-order valence-corrected chi connectivity index (χ4v) is 2.36. The standard InChI is InChI=1S/C16H14ClF3N2O2S/c1-23-10-4-6-12(14(8-10)24-2)21-15(25)22-13-7-9(16(18,19)20)3-5-11(13)17/h3-8H,1-2H3,(H2,21,22,25). The highest BCUT2D eigenvalue weighted by atomic mass is 35.5. The Hall–Kier alpha value is -2.19. The van der Waals surface area contributed by atoms with E-state index in [2.05, 4.69) is 10.6 Å². The molecule has 9 heteroatoms. The van der Waals surface area contributed by atoms with Gasteiger partial charge < -0.3 is 20.1 Å². The van der Waals surface area contributed by atoms with Crippen molar-refractivity contribution in [2.24, 2.45) is 0 Å². The molecule has 2 rings (SSSR count). The number of rotatable bonds is 4. The Labute approximate surface area is 152 Å². The van der Waals surface area contributed by atoms with Crippen LogP contribution in [0.2, 0.25) is 5.02 Å². The van der Waals surface area contributed by atoms with Crippen LogP contribution in [0.15, 0.2) is 36.4 Å². The number of nitrogens with one attached hydrogen (secondary N) is 2. The molecule has 134 valence electrons. The molecule has 0 aromatic heterocycles. The third-order valence-electron chi connectivity index (χ3n) is 3.20. The minimum Gasteiger partial charge on any atom is -0.497 e. The van der Waals surface area contributed by atoms with Crippen LogP contribution >= 0.6 is 23.8 Å². The van der Waals surface area contributed by atoms with Gasteiger partial charge in [-0.2, -0.15) is 13.2 Å². The van der Waals surface area contributed by atoms with Crippen LogP contribution in [0.1, 0.15) is 5.56 Å². The Balaban J connectivity index is 2.18. The Morgan fingerprint density at radius 2 is 1.68 bits per heavy atom. The van der Waals surface area contributed by atoms with E-state index in [1.807, 2.05) is 0 Å². The molecule has 0 atom stereocenters. The van der Waals surface area contributed by atoms with E-state index in [4.69, 9.17) is 33.3 Å². The van der Waals surface area contributed by atoms with Crippen molar-refractivity contribution < 1.29 is 22.6 Å². The molecule has 4 nitrogen and oxygen atoms in total. The third kappa shape index (κ3) is 4.90. The fraction of sp³-hybridized carbons (Fsp3) is 0.188. The Morgan fingerprint density at radius 1 is 1.00 bits per heavy atom. The molecule has 0 saturated carbocycles. The van der Waals surface area contributed by atoms with E-state index in [-0.39, 0.29) is 15.8 Å². The van der Waals surface area contributed by atoms with E-state index in [1.165, 1.54) is 14.2 Å². The number of benzene rings is 2. The third-order valence-corrected chi connectivity index (χ3v) is 3.73. The average Bonchev–Trinajstić information content (AvgIpc) is 2.56. The van der Waals surface area contributed by atoms with Gasteiger partial charge in [0.05, 0.1) is 36.2 Å². The first-order chi connectivity index (χ1) is 11.7. The van der Waals surface area contributed by atoms with Gasteiger partial charge in [-0.15, -0.1) is 0 Å². The largest absolute Gasteiger partial charge is 0.497 e. The lowest BCUT2D eigenvalue weighted by atomic mass is 10.2. The van der Waals surface area contributed by atoms with Crippen molar-refractivity contribution in [1.29, 1.82) is 0 Å². The van der Waals surface area contributed by atoms with Gasteiger partial charge >= 0.3 is 6.18 Å². The van der Waals surface area contributed by atoms with Crippen molar-refractivity contribution in [2.75, 3.05) is 24.9 Å². The molecule has 0 spiro atoms. The molecule has 25 heavy (non-hydrogen) atoms. The summed E-state index contributed by atoms with van der Waals surface area (Å²) in [6.45, 7) is 0. The van der Waals surface area contributed by atoms with E-state index in [0.29, 0.717) is 17.2 Å². The molecule has 0 aliphatic carbocycles. The number of hydrogen-bond acceptors (Lipinski definition) is 3. The van der Waals surface area contributed by atoms with Gasteiger partial charge in [-0.25, -0.2) is 0 Å². The first-order valence-electron chi connectivity index (χ1n) is 6.91. The molecule has 0 aliphatic heterocycles. The highest BCUT2D eigenvalue weighted by molar-refractivity contribution is 7.80. The molecule has 0 radical (unpaired) electrons. The van der Waals surface area contributed by atoms with Crippen LogP contribution in [-0.4, -0.2) is 19.3 Å². The van der Waals surface area contributed by atoms with Gasteiger partial charge in [0.2, 0.25) is 0 Å². The predicted octanol–water partition coefficient (Wildman–Crippen LogP) is 5.18. The quantitative estimate of drug-likeness (QED) is 0.704. The van der Waals surface area contributed by atoms with Crippen LogP contribution < -0.4 is 20.1 Å². The van der Waals surface area contributed by atoms with Gasteiger partial charge in [-0.1, -0.05) is 11.6 Å². The number of anilines is 2. The Bertz CT molecular complexity index is 784. The smallest absolute Gasteiger partial charge is 0.416 e. The van der Waals surface area contributed by atoms with Gasteiger partial charge in [0.15, 0.2) is 5.11 Å². The number of ether oxygens (including phenoxy) is 2. The van der Waals surface area contributed by atoms with E-state index in [0.717, 1.165) is 18.2 Å². The predicted molar refractivity (Wildman–Crippen MR) is 95.8 cm³/mol. The van der Waals surface area contributed by atoms with Crippen LogP contribution in [0.3, 0.4) is 0 Å². The van der Waals surface area contributed by atoms with Crippen LogP contribution in [0.4, 0.5) is 24.5 Å². The van der Waals surface area contributed by atoms with Crippen molar-refractivity contribution in [3.8, 4) is 11.5 Å². The molecule has 0 aliphatic rings. The number of halogens is 4. The van der Waals surface area contributed by atoms with Gasteiger partial charge in [0.1, 0.15) is 11.5 Å². The van der Waals surface area contributed by atoms with E-state index >= 15 is 0 Å². The molecule has 0 bridgehead atoms. The van der Waals surface area contributed by atoms with E-state index in [1.54, 1.807) is 18.2 Å². The maximum absolute atomic E-state index is 12.8. The molecule has 0 saturated heterocycles. The van der Waals surface area contributed by atoms with Crippen molar-refractivity contribution in [1.82, 2.24) is 0 Å². The van der Waals surface area contributed by atoms with Gasteiger partial charge in [0.25, 0.3) is 0 Å². The molecular formula is C16H14ClF3N2O2S. The Kier molecular flexibility index (Phi) is 5.97. The molecule has 0 amide bonds. The number of hydrogen-bond donors (Lipinski definition) is 2. The zero-order valence-electron chi connectivity index (χ0n) is 13.2. The summed E-state index contributed by atoms with van der Waals surface area (Å²) < 4.78 is 48.7. The molecular weight excluding hydrogens is 377 g/mol. The first-order valence-corrected chi connectivity index (χ1v) is 7.70. The monoisotopic (exact) mass is 390 g/mol. The summed E-state index contributed by atoms with van der Waals surface area (Å²) in [6, 6.07) is 7.94. The summed E-state index contributed by atoms with van der Waals surface area (Å²) in [5, 5.41) is 5.67. The molecule has 2 N–H and O–H groups in total. The number of thiocarbonyl (C=S) groups is 1. The minimum atomic E-state index is -4.48. The van der Waals surface area contributed by atoms with Crippen LogP contribution in [-0.2, 0) is 6.18 Å². The molecule has 2 aromatic rings. The van der Waals surface area contributed by atoms with Gasteiger partial charge in [-0.05, 0) is 42.5 Å². The SMILES string of the molecule is COc1ccc(NC(=S)Nc2cc(C(F)(F)F)ccc2Cl)c(OC)c1. The van der Waals surface area contributed by atoms with Gasteiger partial charge in [0, 0.05) is 6.07 Å². The second-order valence-corrected chi connectivity index (χ2v) is 5.65. The minimum absolute atomic E-state index is 0.0430. The zero-order valence-corrected chi connectivity index (χ0v) is 14.8. The van der Waals surface area contributed by atoms with Gasteiger partial charge in [-0.3, -0.25) is 0 Å². The second kappa shape index (κ2) is 7.79. The zero-order chi connectivity index (χ0) is 18.6. The summed E-state index contributed by atoms with van der Waals surface area (Å²) >= 11 is 11.1. The normalized spacial score (nSPS) is 11.0. The Morgan fingerprint density at radius 3 is 2.28 bits per heavy atom. The maximum Gasteiger partial charge on any atom is 0.416 e. The summed E-state index contributed by atoms with van der Waals surface area (Å²) in [7, 11) is 2.99. The van der Waals surface area contributed by atoms with Crippen LogP contribution in [0.5, 0.6) is 11.5 Å².